The minimum absolute atomic E-state index is 0.0744. The van der Waals surface area contributed by atoms with Gasteiger partial charge in [0.25, 0.3) is 5.91 Å². The van der Waals surface area contributed by atoms with E-state index >= 15 is 0 Å². The van der Waals surface area contributed by atoms with E-state index in [1.54, 1.807) is 62.6 Å². The van der Waals surface area contributed by atoms with E-state index in [4.69, 9.17) is 9.47 Å². The number of hydrogen-bond acceptors (Lipinski definition) is 4. The molecule has 2 rings (SSSR count). The number of hydrogen-bond donors (Lipinski definition) is 1. The zero-order chi connectivity index (χ0) is 17.5. The van der Waals surface area contributed by atoms with Gasteiger partial charge in [-0.3, -0.25) is 9.59 Å². The first-order valence-electron chi connectivity index (χ1n) is 7.78. The standard InChI is InChI=1S/C19H21NO4/c1-4-18(21)14-8-10-16(11-9-14)24-13(2)19(22)20-15-6-5-7-17(12-15)23-3/h5-13H,4H2,1-3H3,(H,20,22)/t13-/m1/s1. The van der Waals surface area contributed by atoms with Crippen molar-refractivity contribution in [1.29, 1.82) is 0 Å². The summed E-state index contributed by atoms with van der Waals surface area (Å²) in [5, 5.41) is 2.78. The van der Waals surface area contributed by atoms with Crippen LogP contribution in [0.3, 0.4) is 0 Å². The van der Waals surface area contributed by atoms with Crippen LogP contribution in [0, 0.1) is 0 Å². The van der Waals surface area contributed by atoms with Crippen LogP contribution in [-0.4, -0.2) is 24.9 Å². The second-order valence-corrected chi connectivity index (χ2v) is 5.28. The van der Waals surface area contributed by atoms with Crippen molar-refractivity contribution in [3.63, 3.8) is 0 Å². The normalized spacial score (nSPS) is 11.5. The predicted octanol–water partition coefficient (Wildman–Crippen LogP) is 3.69. The number of carbonyl (C=O) groups excluding carboxylic acids is 2. The van der Waals surface area contributed by atoms with Gasteiger partial charge >= 0.3 is 0 Å². The number of benzene rings is 2. The first-order valence-corrected chi connectivity index (χ1v) is 7.78. The lowest BCUT2D eigenvalue weighted by atomic mass is 10.1. The number of ketones is 1. The van der Waals surface area contributed by atoms with E-state index in [1.807, 2.05) is 6.92 Å². The third-order valence-corrected chi connectivity index (χ3v) is 3.52. The van der Waals surface area contributed by atoms with Gasteiger partial charge in [-0.25, -0.2) is 0 Å². The predicted molar refractivity (Wildman–Crippen MR) is 92.8 cm³/mol. The van der Waals surface area contributed by atoms with Crippen LogP contribution in [0.25, 0.3) is 0 Å². The van der Waals surface area contributed by atoms with Crippen LogP contribution < -0.4 is 14.8 Å². The fraction of sp³-hybridized carbons (Fsp3) is 0.263. The molecule has 0 saturated carbocycles. The molecule has 5 heteroatoms. The van der Waals surface area contributed by atoms with Gasteiger partial charge in [0.05, 0.1) is 7.11 Å². The lowest BCUT2D eigenvalue weighted by Crippen LogP contribution is -2.30. The number of rotatable bonds is 7. The third-order valence-electron chi connectivity index (χ3n) is 3.52. The molecule has 0 unspecified atom stereocenters. The molecule has 0 saturated heterocycles. The molecule has 0 fully saturated rings. The summed E-state index contributed by atoms with van der Waals surface area (Å²) in [6, 6.07) is 13.9. The highest BCUT2D eigenvalue weighted by molar-refractivity contribution is 5.96. The molecule has 0 spiro atoms. The topological polar surface area (TPSA) is 64.6 Å². The molecule has 0 bridgehead atoms. The second-order valence-electron chi connectivity index (χ2n) is 5.28. The minimum Gasteiger partial charge on any atom is -0.497 e. The van der Waals surface area contributed by atoms with Crippen molar-refractivity contribution in [3.8, 4) is 11.5 Å². The van der Waals surface area contributed by atoms with Crippen molar-refractivity contribution < 1.29 is 19.1 Å². The fourth-order valence-electron chi connectivity index (χ4n) is 2.13. The van der Waals surface area contributed by atoms with Crippen molar-refractivity contribution in [3.05, 3.63) is 54.1 Å². The summed E-state index contributed by atoms with van der Waals surface area (Å²) in [5.74, 6) is 1.01. The number of Topliss-reactive ketones (excluding diaryl/α,β-unsaturated/α-hetero) is 1. The Morgan fingerprint density at radius 2 is 1.79 bits per heavy atom. The van der Waals surface area contributed by atoms with Crippen LogP contribution in [0.4, 0.5) is 5.69 Å². The maximum absolute atomic E-state index is 12.2. The van der Waals surface area contributed by atoms with Gasteiger partial charge in [0, 0.05) is 23.7 Å². The van der Waals surface area contributed by atoms with Gasteiger partial charge in [-0.2, -0.15) is 0 Å². The zero-order valence-corrected chi connectivity index (χ0v) is 14.0. The summed E-state index contributed by atoms with van der Waals surface area (Å²) in [4.78, 5) is 23.8. The number of nitrogens with one attached hydrogen (secondary N) is 1. The molecule has 0 radical (unpaired) electrons. The van der Waals surface area contributed by atoms with Gasteiger partial charge in [-0.1, -0.05) is 13.0 Å². The molecule has 0 aromatic heterocycles. The lowest BCUT2D eigenvalue weighted by molar-refractivity contribution is -0.122. The van der Waals surface area contributed by atoms with Crippen molar-refractivity contribution >= 4 is 17.4 Å². The van der Waals surface area contributed by atoms with Gasteiger partial charge in [0.15, 0.2) is 11.9 Å². The first-order chi connectivity index (χ1) is 11.5. The molecule has 1 N–H and O–H groups in total. The minimum atomic E-state index is -0.677. The van der Waals surface area contributed by atoms with Crippen LogP contribution in [-0.2, 0) is 4.79 Å². The molecule has 5 nitrogen and oxygen atoms in total. The van der Waals surface area contributed by atoms with Crippen LogP contribution in [0.15, 0.2) is 48.5 Å². The summed E-state index contributed by atoms with van der Waals surface area (Å²) >= 11 is 0. The van der Waals surface area contributed by atoms with Crippen LogP contribution >= 0.6 is 0 Å². The van der Waals surface area contributed by atoms with E-state index in [-0.39, 0.29) is 11.7 Å². The van der Waals surface area contributed by atoms with Gasteiger partial charge in [-0.05, 0) is 43.3 Å². The molecule has 2 aromatic rings. The molecule has 24 heavy (non-hydrogen) atoms. The average molecular weight is 327 g/mol. The van der Waals surface area contributed by atoms with E-state index in [2.05, 4.69) is 5.32 Å². The zero-order valence-electron chi connectivity index (χ0n) is 14.0. The van der Waals surface area contributed by atoms with Crippen molar-refractivity contribution in [1.82, 2.24) is 0 Å². The third kappa shape index (κ3) is 4.59. The Morgan fingerprint density at radius 3 is 2.42 bits per heavy atom. The Hall–Kier alpha value is -2.82. The van der Waals surface area contributed by atoms with Gasteiger partial charge < -0.3 is 14.8 Å². The Morgan fingerprint density at radius 1 is 1.08 bits per heavy atom. The second kappa shape index (κ2) is 8.15. The molecule has 1 amide bonds. The summed E-state index contributed by atoms with van der Waals surface area (Å²) in [6.45, 7) is 3.48. The summed E-state index contributed by atoms with van der Waals surface area (Å²) in [6.07, 6.45) is -0.219. The Kier molecular flexibility index (Phi) is 5.95. The van der Waals surface area contributed by atoms with Crippen LogP contribution in [0.1, 0.15) is 30.6 Å². The SMILES string of the molecule is CCC(=O)c1ccc(O[C@H](C)C(=O)Nc2cccc(OC)c2)cc1. The fourth-order valence-corrected chi connectivity index (χ4v) is 2.13. The van der Waals surface area contributed by atoms with Gasteiger partial charge in [0.1, 0.15) is 11.5 Å². The van der Waals surface area contributed by atoms with E-state index in [9.17, 15) is 9.59 Å². The molecule has 0 aliphatic rings. The maximum Gasteiger partial charge on any atom is 0.265 e. The summed E-state index contributed by atoms with van der Waals surface area (Å²) in [5.41, 5.74) is 1.28. The molecule has 0 heterocycles. The van der Waals surface area contributed by atoms with E-state index < -0.39 is 6.10 Å². The molecular formula is C19H21NO4. The largest absolute Gasteiger partial charge is 0.497 e. The number of anilines is 1. The number of methoxy groups -OCH3 is 1. The van der Waals surface area contributed by atoms with E-state index in [1.165, 1.54) is 0 Å². The highest BCUT2D eigenvalue weighted by Gasteiger charge is 2.15. The molecule has 0 aliphatic heterocycles. The molecule has 0 aliphatic carbocycles. The Labute approximate surface area is 141 Å². The quantitative estimate of drug-likeness (QED) is 0.788. The van der Waals surface area contributed by atoms with Gasteiger partial charge in [-0.15, -0.1) is 0 Å². The lowest BCUT2D eigenvalue weighted by Gasteiger charge is -2.15. The first kappa shape index (κ1) is 17.5. The van der Waals surface area contributed by atoms with Crippen LogP contribution in [0.2, 0.25) is 0 Å². The highest BCUT2D eigenvalue weighted by Crippen LogP contribution is 2.18. The van der Waals surface area contributed by atoms with Gasteiger partial charge in [0.2, 0.25) is 0 Å². The Balaban J connectivity index is 1.96. The summed E-state index contributed by atoms with van der Waals surface area (Å²) < 4.78 is 10.7. The summed E-state index contributed by atoms with van der Waals surface area (Å²) in [7, 11) is 1.57. The number of ether oxygens (including phenoxy) is 2. The average Bonchev–Trinajstić information content (AvgIpc) is 2.61. The van der Waals surface area contributed by atoms with Crippen molar-refractivity contribution in [2.45, 2.75) is 26.4 Å². The van der Waals surface area contributed by atoms with E-state index in [0.29, 0.717) is 29.2 Å². The maximum atomic E-state index is 12.2. The number of carbonyl (C=O) groups is 2. The number of amides is 1. The molecular weight excluding hydrogens is 306 g/mol. The molecule has 2 aromatic carbocycles. The smallest absolute Gasteiger partial charge is 0.265 e. The highest BCUT2D eigenvalue weighted by atomic mass is 16.5. The van der Waals surface area contributed by atoms with Crippen molar-refractivity contribution in [2.75, 3.05) is 12.4 Å². The molecule has 1 atom stereocenters. The van der Waals surface area contributed by atoms with E-state index in [0.717, 1.165) is 0 Å². The Bertz CT molecular complexity index is 710. The van der Waals surface area contributed by atoms with Crippen molar-refractivity contribution in [2.24, 2.45) is 0 Å². The monoisotopic (exact) mass is 327 g/mol. The molecule has 126 valence electrons. The van der Waals surface area contributed by atoms with Crippen LogP contribution in [0.5, 0.6) is 11.5 Å².